The number of aryl methyl sites for hydroxylation is 1. The summed E-state index contributed by atoms with van der Waals surface area (Å²) in [6, 6.07) is 3.77. The smallest absolute Gasteiger partial charge is 0.340 e. The molecule has 0 unspecified atom stereocenters. The van der Waals surface area contributed by atoms with Gasteiger partial charge in [-0.05, 0) is 12.1 Å². The maximum absolute atomic E-state index is 12.0. The molecule has 128 valence electrons. The Morgan fingerprint density at radius 2 is 1.96 bits per heavy atom. The van der Waals surface area contributed by atoms with E-state index in [2.05, 4.69) is 10.00 Å². The van der Waals surface area contributed by atoms with Crippen LogP contribution in [-0.4, -0.2) is 54.9 Å². The van der Waals surface area contributed by atoms with Gasteiger partial charge in [-0.15, -0.1) is 0 Å². The predicted octanol–water partition coefficient (Wildman–Crippen LogP) is 1.70. The number of fused-ring (bicyclic) bond motifs is 1. The van der Waals surface area contributed by atoms with Gasteiger partial charge in [0, 0.05) is 50.2 Å². The molecule has 0 radical (unpaired) electrons. The number of piperidine rings is 1. The molecule has 0 aliphatic carbocycles. The molecule has 3 heterocycles. The van der Waals surface area contributed by atoms with Gasteiger partial charge in [0.15, 0.2) is 5.79 Å². The molecule has 0 amide bonds. The van der Waals surface area contributed by atoms with E-state index >= 15 is 0 Å². The molecule has 0 N–H and O–H groups in total. The van der Waals surface area contributed by atoms with Crippen LogP contribution in [0.3, 0.4) is 0 Å². The largest absolute Gasteiger partial charge is 0.465 e. The van der Waals surface area contributed by atoms with Crippen molar-refractivity contribution >= 4 is 22.6 Å². The standard InChI is InChI=1S/C17H21N3O4/c1-19-11-13-14(4-3-12(15(13)18-19)16(21)22-2)20-7-5-17(6-8-20)23-9-10-24-17/h3-4,11H,5-10H2,1-2H3. The second kappa shape index (κ2) is 5.75. The summed E-state index contributed by atoms with van der Waals surface area (Å²) in [5.74, 6) is -0.758. The minimum Gasteiger partial charge on any atom is -0.465 e. The average molecular weight is 331 g/mol. The van der Waals surface area contributed by atoms with E-state index in [0.717, 1.165) is 37.0 Å². The number of carbonyl (C=O) groups is 1. The fourth-order valence-corrected chi connectivity index (χ4v) is 3.63. The zero-order chi connectivity index (χ0) is 16.7. The molecule has 7 heteroatoms. The molecule has 24 heavy (non-hydrogen) atoms. The Labute approximate surface area is 140 Å². The Kier molecular flexibility index (Phi) is 3.69. The number of hydrogen-bond acceptors (Lipinski definition) is 6. The molecule has 1 spiro atoms. The van der Waals surface area contributed by atoms with Gasteiger partial charge in [-0.25, -0.2) is 4.79 Å². The number of hydrogen-bond donors (Lipinski definition) is 0. The number of nitrogens with zero attached hydrogens (tertiary/aromatic N) is 3. The van der Waals surface area contributed by atoms with Crippen molar-refractivity contribution in [1.29, 1.82) is 0 Å². The van der Waals surface area contributed by atoms with E-state index in [1.165, 1.54) is 7.11 Å². The van der Waals surface area contributed by atoms with Crippen LogP contribution in [-0.2, 0) is 21.3 Å². The fourth-order valence-electron chi connectivity index (χ4n) is 3.63. The van der Waals surface area contributed by atoms with Crippen LogP contribution in [0.5, 0.6) is 0 Å². The topological polar surface area (TPSA) is 65.8 Å². The molecule has 2 aliphatic rings. The number of aromatic nitrogens is 2. The van der Waals surface area contributed by atoms with Crippen molar-refractivity contribution in [3.05, 3.63) is 23.9 Å². The number of esters is 1. The first kappa shape index (κ1) is 15.4. The highest BCUT2D eigenvalue weighted by atomic mass is 16.7. The van der Waals surface area contributed by atoms with Gasteiger partial charge in [0.2, 0.25) is 0 Å². The first-order valence-electron chi connectivity index (χ1n) is 8.19. The summed E-state index contributed by atoms with van der Waals surface area (Å²) in [4.78, 5) is 14.3. The van der Waals surface area contributed by atoms with Gasteiger partial charge in [0.25, 0.3) is 0 Å². The molecule has 0 atom stereocenters. The van der Waals surface area contributed by atoms with Crippen LogP contribution in [0, 0.1) is 0 Å². The molecule has 1 aromatic heterocycles. The van der Waals surface area contributed by atoms with E-state index in [-0.39, 0.29) is 5.97 Å². The van der Waals surface area contributed by atoms with Crippen molar-refractivity contribution in [1.82, 2.24) is 9.78 Å². The van der Waals surface area contributed by atoms with E-state index < -0.39 is 5.79 Å². The third kappa shape index (κ3) is 2.44. The lowest BCUT2D eigenvalue weighted by atomic mass is 10.0. The van der Waals surface area contributed by atoms with Crippen LogP contribution in [0.25, 0.3) is 10.9 Å². The Hall–Kier alpha value is -2.12. The van der Waals surface area contributed by atoms with Gasteiger partial charge in [-0.2, -0.15) is 5.10 Å². The molecule has 1 aromatic carbocycles. The van der Waals surface area contributed by atoms with Crippen LogP contribution in [0.2, 0.25) is 0 Å². The number of carbonyl (C=O) groups excluding carboxylic acids is 1. The molecular formula is C17H21N3O4. The first-order chi connectivity index (χ1) is 11.6. The third-order valence-electron chi connectivity index (χ3n) is 4.85. The molecular weight excluding hydrogens is 310 g/mol. The van der Waals surface area contributed by atoms with Gasteiger partial charge >= 0.3 is 5.97 Å². The molecule has 2 saturated heterocycles. The van der Waals surface area contributed by atoms with E-state index in [9.17, 15) is 4.79 Å². The van der Waals surface area contributed by atoms with Crippen LogP contribution >= 0.6 is 0 Å². The number of benzene rings is 1. The average Bonchev–Trinajstić information content (AvgIpc) is 3.20. The Bertz CT molecular complexity index is 769. The molecule has 2 aliphatic heterocycles. The lowest BCUT2D eigenvalue weighted by Gasteiger charge is -2.38. The summed E-state index contributed by atoms with van der Waals surface area (Å²) in [5.41, 5.74) is 2.25. The Morgan fingerprint density at radius 1 is 1.25 bits per heavy atom. The molecule has 0 bridgehead atoms. The van der Waals surface area contributed by atoms with Crippen LogP contribution in [0.4, 0.5) is 5.69 Å². The predicted molar refractivity (Wildman–Crippen MR) is 88.1 cm³/mol. The van der Waals surface area contributed by atoms with Crippen LogP contribution in [0.1, 0.15) is 23.2 Å². The normalized spacial score (nSPS) is 20.0. The van der Waals surface area contributed by atoms with E-state index in [0.29, 0.717) is 24.3 Å². The number of anilines is 1. The Balaban J connectivity index is 1.67. The van der Waals surface area contributed by atoms with Crippen molar-refractivity contribution in [3.63, 3.8) is 0 Å². The first-order valence-corrected chi connectivity index (χ1v) is 8.19. The van der Waals surface area contributed by atoms with Gasteiger partial charge < -0.3 is 19.1 Å². The van der Waals surface area contributed by atoms with Crippen molar-refractivity contribution in [3.8, 4) is 0 Å². The number of ether oxygens (including phenoxy) is 3. The maximum atomic E-state index is 12.0. The summed E-state index contributed by atoms with van der Waals surface area (Å²) in [5, 5.41) is 5.41. The van der Waals surface area contributed by atoms with E-state index in [1.807, 2.05) is 19.3 Å². The quantitative estimate of drug-likeness (QED) is 0.781. The summed E-state index contributed by atoms with van der Waals surface area (Å²) in [7, 11) is 3.24. The summed E-state index contributed by atoms with van der Waals surface area (Å²) in [6.45, 7) is 3.06. The van der Waals surface area contributed by atoms with Crippen molar-refractivity contribution in [2.45, 2.75) is 18.6 Å². The van der Waals surface area contributed by atoms with Gasteiger partial charge in [0.1, 0.15) is 5.52 Å². The molecule has 7 nitrogen and oxygen atoms in total. The highest BCUT2D eigenvalue weighted by Crippen LogP contribution is 2.36. The molecule has 0 saturated carbocycles. The molecule has 4 rings (SSSR count). The van der Waals surface area contributed by atoms with Crippen molar-refractivity contribution < 1.29 is 19.0 Å². The van der Waals surface area contributed by atoms with Gasteiger partial charge in [-0.1, -0.05) is 0 Å². The second-order valence-electron chi connectivity index (χ2n) is 6.28. The minimum atomic E-state index is -0.392. The summed E-state index contributed by atoms with van der Waals surface area (Å²) < 4.78 is 18.2. The van der Waals surface area contributed by atoms with Crippen molar-refractivity contribution in [2.24, 2.45) is 7.05 Å². The van der Waals surface area contributed by atoms with E-state index in [1.54, 1.807) is 10.7 Å². The van der Waals surface area contributed by atoms with E-state index in [4.69, 9.17) is 14.2 Å². The zero-order valence-corrected chi connectivity index (χ0v) is 13.9. The highest BCUT2D eigenvalue weighted by Gasteiger charge is 2.40. The van der Waals surface area contributed by atoms with Gasteiger partial charge in [-0.3, -0.25) is 4.68 Å². The summed E-state index contributed by atoms with van der Waals surface area (Å²) >= 11 is 0. The minimum absolute atomic E-state index is 0.365. The van der Waals surface area contributed by atoms with Crippen molar-refractivity contribution in [2.75, 3.05) is 38.3 Å². The number of rotatable bonds is 2. The monoisotopic (exact) mass is 331 g/mol. The zero-order valence-electron chi connectivity index (χ0n) is 13.9. The second-order valence-corrected chi connectivity index (χ2v) is 6.28. The number of methoxy groups -OCH3 is 1. The molecule has 2 fully saturated rings. The fraction of sp³-hybridized carbons (Fsp3) is 0.529. The van der Waals surface area contributed by atoms with Crippen LogP contribution < -0.4 is 4.90 Å². The Morgan fingerprint density at radius 3 is 2.62 bits per heavy atom. The lowest BCUT2D eigenvalue weighted by molar-refractivity contribution is -0.169. The third-order valence-corrected chi connectivity index (χ3v) is 4.85. The molecule has 2 aromatic rings. The lowest BCUT2D eigenvalue weighted by Crippen LogP contribution is -2.45. The maximum Gasteiger partial charge on any atom is 0.340 e. The highest BCUT2D eigenvalue weighted by molar-refractivity contribution is 6.06. The van der Waals surface area contributed by atoms with Crippen LogP contribution in [0.15, 0.2) is 18.3 Å². The van der Waals surface area contributed by atoms with Gasteiger partial charge in [0.05, 0.1) is 25.9 Å². The SMILES string of the molecule is COC(=O)c1ccc(N2CCC3(CC2)OCCO3)c2cn(C)nc12. The summed E-state index contributed by atoms with van der Waals surface area (Å²) in [6.07, 6.45) is 3.63.